The van der Waals surface area contributed by atoms with Crippen molar-refractivity contribution in [2.24, 2.45) is 0 Å². The second-order valence-electron chi connectivity index (χ2n) is 4.95. The Balaban J connectivity index is 1.66. The zero-order valence-corrected chi connectivity index (χ0v) is 11.9. The van der Waals surface area contributed by atoms with E-state index in [0.29, 0.717) is 25.6 Å². The summed E-state index contributed by atoms with van der Waals surface area (Å²) in [6, 6.07) is 0.360. The number of hydrogen-bond acceptors (Lipinski definition) is 4. The standard InChI is InChI=1S/C12H22N4O2S/c17-19(18,10-4-12-3-1-2-5-14-12)15-7-9-16-8-6-13-11-16/h6,8,11-12,14-15H,1-5,7,9-10H2. The third-order valence-electron chi connectivity index (χ3n) is 3.40. The lowest BCUT2D eigenvalue weighted by Gasteiger charge is -2.23. The Kier molecular flexibility index (Phi) is 5.35. The van der Waals surface area contributed by atoms with Crippen LogP contribution in [-0.2, 0) is 16.6 Å². The molecule has 2 rings (SSSR count). The van der Waals surface area contributed by atoms with Crippen molar-refractivity contribution in [1.29, 1.82) is 0 Å². The molecule has 1 saturated heterocycles. The molecule has 1 atom stereocenters. The smallest absolute Gasteiger partial charge is 0.211 e. The van der Waals surface area contributed by atoms with Crippen LogP contribution in [0.25, 0.3) is 0 Å². The van der Waals surface area contributed by atoms with E-state index in [0.717, 1.165) is 13.0 Å². The predicted molar refractivity (Wildman–Crippen MR) is 74.3 cm³/mol. The third kappa shape index (κ3) is 5.30. The van der Waals surface area contributed by atoms with E-state index in [2.05, 4.69) is 15.0 Å². The SMILES string of the molecule is O=S(=O)(CCC1CCCCN1)NCCn1ccnc1. The molecule has 0 radical (unpaired) electrons. The van der Waals surface area contributed by atoms with Gasteiger partial charge in [0.1, 0.15) is 0 Å². The Bertz CT molecular complexity index is 452. The molecule has 6 nitrogen and oxygen atoms in total. The zero-order chi connectivity index (χ0) is 13.6. The van der Waals surface area contributed by atoms with Gasteiger partial charge in [-0.1, -0.05) is 6.42 Å². The van der Waals surface area contributed by atoms with Crippen molar-refractivity contribution in [2.75, 3.05) is 18.8 Å². The van der Waals surface area contributed by atoms with Crippen LogP contribution in [0.3, 0.4) is 0 Å². The maximum absolute atomic E-state index is 11.8. The first-order chi connectivity index (χ1) is 9.16. The molecule has 0 amide bonds. The Morgan fingerprint density at radius 3 is 3.00 bits per heavy atom. The lowest BCUT2D eigenvalue weighted by molar-refractivity contribution is 0.392. The molecule has 19 heavy (non-hydrogen) atoms. The Hall–Kier alpha value is -0.920. The third-order valence-corrected chi connectivity index (χ3v) is 4.82. The van der Waals surface area contributed by atoms with Gasteiger partial charge in [0.05, 0.1) is 12.1 Å². The molecule has 1 fully saturated rings. The van der Waals surface area contributed by atoms with Crippen molar-refractivity contribution >= 4 is 10.0 Å². The van der Waals surface area contributed by atoms with E-state index in [1.54, 1.807) is 12.5 Å². The van der Waals surface area contributed by atoms with Crippen LogP contribution in [0.15, 0.2) is 18.7 Å². The van der Waals surface area contributed by atoms with Gasteiger partial charge >= 0.3 is 0 Å². The minimum atomic E-state index is -3.16. The van der Waals surface area contributed by atoms with E-state index in [9.17, 15) is 8.42 Å². The Morgan fingerprint density at radius 2 is 2.32 bits per heavy atom. The van der Waals surface area contributed by atoms with Crippen molar-refractivity contribution in [3.8, 4) is 0 Å². The molecular formula is C12H22N4O2S. The lowest BCUT2D eigenvalue weighted by atomic mass is 10.0. The summed E-state index contributed by atoms with van der Waals surface area (Å²) < 4.78 is 28.2. The van der Waals surface area contributed by atoms with Gasteiger partial charge < -0.3 is 9.88 Å². The highest BCUT2D eigenvalue weighted by Crippen LogP contribution is 2.10. The molecular weight excluding hydrogens is 264 g/mol. The van der Waals surface area contributed by atoms with E-state index in [1.807, 2.05) is 10.8 Å². The van der Waals surface area contributed by atoms with Gasteiger partial charge in [-0.25, -0.2) is 18.1 Å². The second kappa shape index (κ2) is 7.02. The van der Waals surface area contributed by atoms with Gasteiger partial charge in [-0.2, -0.15) is 0 Å². The van der Waals surface area contributed by atoms with E-state index >= 15 is 0 Å². The zero-order valence-electron chi connectivity index (χ0n) is 11.1. The van der Waals surface area contributed by atoms with Crippen molar-refractivity contribution in [1.82, 2.24) is 19.6 Å². The molecule has 108 valence electrons. The van der Waals surface area contributed by atoms with Gasteiger partial charge in [-0.15, -0.1) is 0 Å². The molecule has 1 unspecified atom stereocenters. The number of hydrogen-bond donors (Lipinski definition) is 2. The average molecular weight is 286 g/mol. The van der Waals surface area contributed by atoms with Crippen LogP contribution in [0.2, 0.25) is 0 Å². The summed E-state index contributed by atoms with van der Waals surface area (Å²) in [7, 11) is -3.16. The Labute approximate surface area is 114 Å². The molecule has 0 spiro atoms. The topological polar surface area (TPSA) is 76.0 Å². The van der Waals surface area contributed by atoms with Crippen LogP contribution in [-0.4, -0.2) is 42.9 Å². The van der Waals surface area contributed by atoms with Gasteiger partial charge in [0.15, 0.2) is 0 Å². The van der Waals surface area contributed by atoms with Crippen LogP contribution >= 0.6 is 0 Å². The molecule has 1 aliphatic heterocycles. The van der Waals surface area contributed by atoms with Crippen LogP contribution < -0.4 is 10.0 Å². The van der Waals surface area contributed by atoms with Crippen LogP contribution in [0, 0.1) is 0 Å². The molecule has 2 N–H and O–H groups in total. The van der Waals surface area contributed by atoms with Crippen LogP contribution in [0.4, 0.5) is 0 Å². The van der Waals surface area contributed by atoms with Gasteiger partial charge in [-0.3, -0.25) is 0 Å². The highest BCUT2D eigenvalue weighted by atomic mass is 32.2. The Morgan fingerprint density at radius 1 is 1.42 bits per heavy atom. The number of sulfonamides is 1. The van der Waals surface area contributed by atoms with Gasteiger partial charge in [0, 0.05) is 31.5 Å². The first-order valence-electron chi connectivity index (χ1n) is 6.82. The summed E-state index contributed by atoms with van der Waals surface area (Å²) in [6.07, 6.45) is 9.37. The molecule has 2 heterocycles. The summed E-state index contributed by atoms with van der Waals surface area (Å²) in [4.78, 5) is 3.91. The maximum atomic E-state index is 11.8. The van der Waals surface area contributed by atoms with Crippen LogP contribution in [0.5, 0.6) is 0 Å². The fourth-order valence-electron chi connectivity index (χ4n) is 2.29. The minimum absolute atomic E-state index is 0.203. The van der Waals surface area contributed by atoms with Crippen molar-refractivity contribution in [2.45, 2.75) is 38.3 Å². The van der Waals surface area contributed by atoms with Gasteiger partial charge in [-0.05, 0) is 25.8 Å². The molecule has 0 aromatic carbocycles. The minimum Gasteiger partial charge on any atom is -0.336 e. The quantitative estimate of drug-likeness (QED) is 0.757. The molecule has 0 saturated carbocycles. The predicted octanol–water partition coefficient (Wildman–Crippen LogP) is 0.335. The fourth-order valence-corrected chi connectivity index (χ4v) is 3.43. The molecule has 1 aromatic rings. The summed E-state index contributed by atoms with van der Waals surface area (Å²) in [6.45, 7) is 2.04. The van der Waals surface area contributed by atoms with Crippen molar-refractivity contribution in [3.05, 3.63) is 18.7 Å². The van der Waals surface area contributed by atoms with E-state index < -0.39 is 10.0 Å². The molecule has 7 heteroatoms. The summed E-state index contributed by atoms with van der Waals surface area (Å²) >= 11 is 0. The normalized spacial score (nSPS) is 20.5. The number of rotatable bonds is 7. The van der Waals surface area contributed by atoms with Crippen molar-refractivity contribution in [3.63, 3.8) is 0 Å². The van der Waals surface area contributed by atoms with E-state index in [4.69, 9.17) is 0 Å². The van der Waals surface area contributed by atoms with Crippen LogP contribution in [0.1, 0.15) is 25.7 Å². The first-order valence-corrected chi connectivity index (χ1v) is 8.47. The fraction of sp³-hybridized carbons (Fsp3) is 0.750. The number of nitrogens with one attached hydrogen (secondary N) is 2. The van der Waals surface area contributed by atoms with Gasteiger partial charge in [0.2, 0.25) is 10.0 Å². The summed E-state index contributed by atoms with van der Waals surface area (Å²) in [5.41, 5.74) is 0. The molecule has 1 aliphatic rings. The molecule has 0 bridgehead atoms. The average Bonchev–Trinajstić information content (AvgIpc) is 2.91. The molecule has 0 aliphatic carbocycles. The summed E-state index contributed by atoms with van der Waals surface area (Å²) in [5.74, 6) is 0.203. The van der Waals surface area contributed by atoms with E-state index in [-0.39, 0.29) is 5.75 Å². The molecule has 1 aromatic heterocycles. The maximum Gasteiger partial charge on any atom is 0.211 e. The monoisotopic (exact) mass is 286 g/mol. The van der Waals surface area contributed by atoms with Crippen molar-refractivity contribution < 1.29 is 8.42 Å². The van der Waals surface area contributed by atoms with Gasteiger partial charge in [0.25, 0.3) is 0 Å². The second-order valence-corrected chi connectivity index (χ2v) is 6.88. The lowest BCUT2D eigenvalue weighted by Crippen LogP contribution is -2.37. The first kappa shape index (κ1) is 14.5. The summed E-state index contributed by atoms with van der Waals surface area (Å²) in [5, 5.41) is 3.37. The number of aromatic nitrogens is 2. The number of piperidine rings is 1. The number of nitrogens with zero attached hydrogens (tertiary/aromatic N) is 2. The highest BCUT2D eigenvalue weighted by molar-refractivity contribution is 7.89. The van der Waals surface area contributed by atoms with E-state index in [1.165, 1.54) is 12.8 Å². The number of imidazole rings is 1. The highest BCUT2D eigenvalue weighted by Gasteiger charge is 2.16. The largest absolute Gasteiger partial charge is 0.336 e.